The Labute approximate surface area is 145 Å². The fraction of sp³-hybridized carbons (Fsp3) is 0.684. The first-order valence-corrected chi connectivity index (χ1v) is 9.28. The van der Waals surface area contributed by atoms with Gasteiger partial charge < -0.3 is 9.64 Å². The molecule has 0 aliphatic carbocycles. The van der Waals surface area contributed by atoms with Gasteiger partial charge in [0.05, 0.1) is 13.2 Å². The van der Waals surface area contributed by atoms with Gasteiger partial charge in [-0.15, -0.1) is 0 Å². The van der Waals surface area contributed by atoms with Gasteiger partial charge in [-0.25, -0.2) is 0 Å². The molecule has 0 spiro atoms. The number of hydrogen-bond donors (Lipinski definition) is 0. The summed E-state index contributed by atoms with van der Waals surface area (Å²) in [6, 6.07) is 4.03. The Morgan fingerprint density at radius 2 is 2.00 bits per heavy atom. The molecule has 1 amide bonds. The zero-order chi connectivity index (χ0) is 16.6. The summed E-state index contributed by atoms with van der Waals surface area (Å²) in [7, 11) is 0. The number of nitrogens with zero attached hydrogens (tertiary/aromatic N) is 3. The molecule has 0 atom stereocenters. The SMILES string of the molecule is O=C(CCCc1cccnc1)N1CCC(CN2CCOCC2)CC1. The Balaban J connectivity index is 1.32. The van der Waals surface area contributed by atoms with Crippen LogP contribution in [0.1, 0.15) is 31.2 Å². The lowest BCUT2D eigenvalue weighted by Crippen LogP contribution is -2.44. The van der Waals surface area contributed by atoms with Crippen molar-refractivity contribution in [2.24, 2.45) is 5.92 Å². The summed E-state index contributed by atoms with van der Waals surface area (Å²) in [5.74, 6) is 1.06. The van der Waals surface area contributed by atoms with Crippen LogP contribution in [-0.4, -0.2) is 66.6 Å². The first kappa shape index (κ1) is 17.4. The van der Waals surface area contributed by atoms with E-state index in [-0.39, 0.29) is 0 Å². The standard InChI is InChI=1S/C19H29N3O2/c23-19(5-1-3-17-4-2-8-20-15-17)22-9-6-18(7-10-22)16-21-11-13-24-14-12-21/h2,4,8,15,18H,1,3,5-7,9-14,16H2. The van der Waals surface area contributed by atoms with Crippen LogP contribution in [0.5, 0.6) is 0 Å². The highest BCUT2D eigenvalue weighted by atomic mass is 16.5. The van der Waals surface area contributed by atoms with Gasteiger partial charge >= 0.3 is 0 Å². The average molecular weight is 331 g/mol. The highest BCUT2D eigenvalue weighted by molar-refractivity contribution is 5.76. The van der Waals surface area contributed by atoms with Crippen molar-refractivity contribution in [2.45, 2.75) is 32.1 Å². The van der Waals surface area contributed by atoms with Crippen LogP contribution >= 0.6 is 0 Å². The van der Waals surface area contributed by atoms with Crippen LogP contribution in [0.3, 0.4) is 0 Å². The molecule has 0 saturated carbocycles. The van der Waals surface area contributed by atoms with Crippen LogP contribution in [-0.2, 0) is 16.0 Å². The fourth-order valence-electron chi connectivity index (χ4n) is 3.66. The summed E-state index contributed by atoms with van der Waals surface area (Å²) in [5, 5.41) is 0. The molecule has 5 heteroatoms. The smallest absolute Gasteiger partial charge is 0.222 e. The number of hydrogen-bond acceptors (Lipinski definition) is 4. The van der Waals surface area contributed by atoms with Crippen LogP contribution < -0.4 is 0 Å². The van der Waals surface area contributed by atoms with E-state index in [9.17, 15) is 4.79 Å². The van der Waals surface area contributed by atoms with E-state index >= 15 is 0 Å². The lowest BCUT2D eigenvalue weighted by Gasteiger charge is -2.36. The van der Waals surface area contributed by atoms with Crippen LogP contribution in [0.4, 0.5) is 0 Å². The minimum absolute atomic E-state index is 0.323. The quantitative estimate of drug-likeness (QED) is 0.800. The van der Waals surface area contributed by atoms with Gasteiger partial charge in [0.15, 0.2) is 0 Å². The van der Waals surface area contributed by atoms with Crippen LogP contribution in [0.25, 0.3) is 0 Å². The van der Waals surface area contributed by atoms with Crippen LogP contribution in [0.15, 0.2) is 24.5 Å². The topological polar surface area (TPSA) is 45.7 Å². The number of pyridine rings is 1. The van der Waals surface area contributed by atoms with Gasteiger partial charge in [0.25, 0.3) is 0 Å². The number of ether oxygens (including phenoxy) is 1. The molecule has 0 bridgehead atoms. The molecule has 5 nitrogen and oxygen atoms in total. The molecule has 132 valence electrons. The van der Waals surface area contributed by atoms with E-state index < -0.39 is 0 Å². The minimum atomic E-state index is 0.323. The summed E-state index contributed by atoms with van der Waals surface area (Å²) in [6.07, 6.45) is 8.48. The normalized spacial score (nSPS) is 20.2. The van der Waals surface area contributed by atoms with Crippen LogP contribution in [0, 0.1) is 5.92 Å². The Hall–Kier alpha value is -1.46. The predicted octanol–water partition coefficient (Wildman–Crippen LogP) is 1.98. The third-order valence-corrected chi connectivity index (χ3v) is 5.17. The van der Waals surface area contributed by atoms with Crippen molar-refractivity contribution < 1.29 is 9.53 Å². The number of morpholine rings is 1. The number of aryl methyl sites for hydroxylation is 1. The summed E-state index contributed by atoms with van der Waals surface area (Å²) in [5.41, 5.74) is 1.22. The predicted molar refractivity (Wildman–Crippen MR) is 93.7 cm³/mol. The van der Waals surface area contributed by atoms with Crippen molar-refractivity contribution in [1.29, 1.82) is 0 Å². The summed E-state index contributed by atoms with van der Waals surface area (Å²) in [4.78, 5) is 21.1. The van der Waals surface area contributed by atoms with E-state index in [2.05, 4.69) is 20.9 Å². The molecule has 1 aromatic rings. The van der Waals surface area contributed by atoms with Gasteiger partial charge in [-0.05, 0) is 43.2 Å². The van der Waals surface area contributed by atoms with Gasteiger partial charge in [0, 0.05) is 51.5 Å². The van der Waals surface area contributed by atoms with Gasteiger partial charge in [-0.3, -0.25) is 14.7 Å². The highest BCUT2D eigenvalue weighted by Crippen LogP contribution is 2.20. The summed E-state index contributed by atoms with van der Waals surface area (Å²) in [6.45, 7) is 6.90. The number of piperidine rings is 1. The molecule has 2 saturated heterocycles. The Bertz CT molecular complexity index is 495. The molecule has 3 rings (SSSR count). The minimum Gasteiger partial charge on any atom is -0.379 e. The maximum atomic E-state index is 12.4. The lowest BCUT2D eigenvalue weighted by molar-refractivity contribution is -0.132. The largest absolute Gasteiger partial charge is 0.379 e. The Morgan fingerprint density at radius 1 is 1.21 bits per heavy atom. The number of likely N-dealkylation sites (tertiary alicyclic amines) is 1. The number of aromatic nitrogens is 1. The molecule has 0 unspecified atom stereocenters. The van der Waals surface area contributed by atoms with Gasteiger partial charge in [0.1, 0.15) is 0 Å². The van der Waals surface area contributed by atoms with Crippen molar-refractivity contribution in [3.05, 3.63) is 30.1 Å². The fourth-order valence-corrected chi connectivity index (χ4v) is 3.66. The third-order valence-electron chi connectivity index (χ3n) is 5.17. The molecule has 3 heterocycles. The van der Waals surface area contributed by atoms with Crippen molar-refractivity contribution in [1.82, 2.24) is 14.8 Å². The molecular weight excluding hydrogens is 302 g/mol. The van der Waals surface area contributed by atoms with Gasteiger partial charge in [-0.2, -0.15) is 0 Å². The first-order chi connectivity index (χ1) is 11.8. The molecule has 0 radical (unpaired) electrons. The molecule has 1 aromatic heterocycles. The molecule has 0 aromatic carbocycles. The van der Waals surface area contributed by atoms with Gasteiger partial charge in [-0.1, -0.05) is 6.07 Å². The van der Waals surface area contributed by atoms with Crippen molar-refractivity contribution in [3.8, 4) is 0 Å². The average Bonchev–Trinajstić information content (AvgIpc) is 2.64. The van der Waals surface area contributed by atoms with E-state index in [1.807, 2.05) is 12.3 Å². The lowest BCUT2D eigenvalue weighted by atomic mass is 9.95. The van der Waals surface area contributed by atoms with E-state index in [1.54, 1.807) is 6.20 Å². The number of carbonyl (C=O) groups is 1. The second kappa shape index (κ2) is 9.14. The Morgan fingerprint density at radius 3 is 2.71 bits per heavy atom. The van der Waals surface area contributed by atoms with Crippen molar-refractivity contribution in [2.75, 3.05) is 45.9 Å². The molecule has 2 aliphatic heterocycles. The summed E-state index contributed by atoms with van der Waals surface area (Å²) < 4.78 is 5.41. The third kappa shape index (κ3) is 5.28. The first-order valence-electron chi connectivity index (χ1n) is 9.28. The zero-order valence-corrected chi connectivity index (χ0v) is 14.5. The molecule has 0 N–H and O–H groups in total. The molecular formula is C19H29N3O2. The number of rotatable bonds is 6. The maximum absolute atomic E-state index is 12.4. The summed E-state index contributed by atoms with van der Waals surface area (Å²) >= 11 is 0. The monoisotopic (exact) mass is 331 g/mol. The molecule has 2 fully saturated rings. The van der Waals surface area contributed by atoms with Crippen LogP contribution in [0.2, 0.25) is 0 Å². The number of amides is 1. The van der Waals surface area contributed by atoms with E-state index in [4.69, 9.17) is 4.74 Å². The van der Waals surface area contributed by atoms with E-state index in [1.165, 1.54) is 12.1 Å². The molecule has 24 heavy (non-hydrogen) atoms. The second-order valence-electron chi connectivity index (χ2n) is 6.95. The second-order valence-corrected chi connectivity index (χ2v) is 6.95. The Kier molecular flexibility index (Phi) is 6.61. The number of carbonyl (C=O) groups excluding carboxylic acids is 1. The van der Waals surface area contributed by atoms with Gasteiger partial charge in [0.2, 0.25) is 5.91 Å². The van der Waals surface area contributed by atoms with E-state index in [0.29, 0.717) is 12.3 Å². The van der Waals surface area contributed by atoms with Crippen molar-refractivity contribution >= 4 is 5.91 Å². The highest BCUT2D eigenvalue weighted by Gasteiger charge is 2.24. The molecule has 2 aliphatic rings. The van der Waals surface area contributed by atoms with Crippen molar-refractivity contribution in [3.63, 3.8) is 0 Å². The van der Waals surface area contributed by atoms with E-state index in [0.717, 1.165) is 71.0 Å². The zero-order valence-electron chi connectivity index (χ0n) is 14.5. The maximum Gasteiger partial charge on any atom is 0.222 e.